The Kier molecular flexibility index (Phi) is 1.77. The molecule has 13 heavy (non-hydrogen) atoms. The number of carbonyl (C=O) groups is 1. The molecule has 0 spiro atoms. The van der Waals surface area contributed by atoms with Crippen LogP contribution in [0.1, 0.15) is 5.56 Å². The van der Waals surface area contributed by atoms with E-state index >= 15 is 0 Å². The fourth-order valence-electron chi connectivity index (χ4n) is 1.40. The topological polar surface area (TPSA) is 65.2 Å². The van der Waals surface area contributed by atoms with Gasteiger partial charge in [0.15, 0.2) is 0 Å². The molecule has 1 aliphatic rings. The first-order valence-electron chi connectivity index (χ1n) is 4.04. The first kappa shape index (κ1) is 8.19. The lowest BCUT2D eigenvalue weighted by Gasteiger charge is -2.38. The van der Waals surface area contributed by atoms with Crippen molar-refractivity contribution in [3.8, 4) is 0 Å². The maximum Gasteiger partial charge on any atom is 0.232 e. The highest BCUT2D eigenvalue weighted by molar-refractivity contribution is 5.87. The molecule has 2 heterocycles. The number of aromatic nitrogens is 1. The van der Waals surface area contributed by atoms with Crippen molar-refractivity contribution in [1.29, 1.82) is 0 Å². The Labute approximate surface area is 75.7 Å². The third-order valence-corrected chi connectivity index (χ3v) is 2.38. The first-order valence-corrected chi connectivity index (χ1v) is 4.04. The van der Waals surface area contributed by atoms with Gasteiger partial charge in [0.1, 0.15) is 5.41 Å². The third kappa shape index (κ3) is 1.10. The predicted octanol–water partition coefficient (Wildman–Crippen LogP) is -0.165. The second kappa shape index (κ2) is 2.81. The number of pyridine rings is 1. The number of rotatable bonds is 2. The van der Waals surface area contributed by atoms with E-state index in [1.165, 1.54) is 0 Å². The number of hydrogen-bond donors (Lipinski definition) is 1. The van der Waals surface area contributed by atoms with E-state index in [-0.39, 0.29) is 5.91 Å². The number of primary amides is 1. The molecule has 0 bridgehead atoms. The van der Waals surface area contributed by atoms with Crippen molar-refractivity contribution in [1.82, 2.24) is 4.98 Å². The molecule has 1 amide bonds. The SMILES string of the molecule is NC(=O)C1(c2cccnc2)COC1. The minimum Gasteiger partial charge on any atom is -0.378 e. The van der Waals surface area contributed by atoms with Gasteiger partial charge in [-0.1, -0.05) is 6.07 Å². The highest BCUT2D eigenvalue weighted by Crippen LogP contribution is 2.31. The smallest absolute Gasteiger partial charge is 0.232 e. The normalized spacial score (nSPS) is 19.1. The average molecular weight is 178 g/mol. The summed E-state index contributed by atoms with van der Waals surface area (Å²) in [6.07, 6.45) is 3.32. The van der Waals surface area contributed by atoms with E-state index in [1.54, 1.807) is 18.5 Å². The Morgan fingerprint density at radius 2 is 2.38 bits per heavy atom. The van der Waals surface area contributed by atoms with Crippen LogP contribution in [0.3, 0.4) is 0 Å². The molecule has 1 aliphatic heterocycles. The molecule has 0 aliphatic carbocycles. The lowest BCUT2D eigenvalue weighted by molar-refractivity contribution is -0.141. The number of ether oxygens (including phenoxy) is 1. The van der Waals surface area contributed by atoms with Crippen LogP contribution in [-0.2, 0) is 14.9 Å². The number of carbonyl (C=O) groups excluding carboxylic acids is 1. The molecule has 2 N–H and O–H groups in total. The molecule has 0 unspecified atom stereocenters. The molecule has 68 valence electrons. The zero-order valence-corrected chi connectivity index (χ0v) is 7.06. The van der Waals surface area contributed by atoms with Gasteiger partial charge >= 0.3 is 0 Å². The largest absolute Gasteiger partial charge is 0.378 e. The molecule has 0 radical (unpaired) electrons. The number of nitrogens with zero attached hydrogens (tertiary/aromatic N) is 1. The Balaban J connectivity index is 2.38. The molecule has 2 rings (SSSR count). The maximum atomic E-state index is 11.2. The van der Waals surface area contributed by atoms with E-state index < -0.39 is 5.41 Å². The zero-order chi connectivity index (χ0) is 9.31. The monoisotopic (exact) mass is 178 g/mol. The quantitative estimate of drug-likeness (QED) is 0.684. The molecule has 4 heteroatoms. The molecular weight excluding hydrogens is 168 g/mol. The fourth-order valence-corrected chi connectivity index (χ4v) is 1.40. The standard InChI is InChI=1S/C9H10N2O2/c10-8(12)9(5-13-6-9)7-2-1-3-11-4-7/h1-4H,5-6H2,(H2,10,12). The molecular formula is C9H10N2O2. The van der Waals surface area contributed by atoms with Gasteiger partial charge in [0, 0.05) is 12.4 Å². The molecule has 4 nitrogen and oxygen atoms in total. The van der Waals surface area contributed by atoms with Gasteiger partial charge in [-0.3, -0.25) is 9.78 Å². The van der Waals surface area contributed by atoms with Crippen LogP contribution in [0.5, 0.6) is 0 Å². The summed E-state index contributed by atoms with van der Waals surface area (Å²) in [6, 6.07) is 3.64. The second-order valence-electron chi connectivity index (χ2n) is 3.18. The average Bonchev–Trinajstić information content (AvgIpc) is 2.03. The minimum absolute atomic E-state index is 0.341. The number of hydrogen-bond acceptors (Lipinski definition) is 3. The van der Waals surface area contributed by atoms with Gasteiger partial charge in [-0.05, 0) is 11.6 Å². The summed E-state index contributed by atoms with van der Waals surface area (Å²) in [7, 11) is 0. The Hall–Kier alpha value is -1.42. The highest BCUT2D eigenvalue weighted by atomic mass is 16.5. The number of nitrogens with two attached hydrogens (primary N) is 1. The second-order valence-corrected chi connectivity index (χ2v) is 3.18. The molecule has 1 saturated heterocycles. The summed E-state index contributed by atoms with van der Waals surface area (Å²) >= 11 is 0. The van der Waals surface area contributed by atoms with E-state index in [4.69, 9.17) is 10.5 Å². The first-order chi connectivity index (χ1) is 6.26. The van der Waals surface area contributed by atoms with Crippen molar-refractivity contribution in [2.75, 3.05) is 13.2 Å². The van der Waals surface area contributed by atoms with Crippen LogP contribution < -0.4 is 5.73 Å². The fraction of sp³-hybridized carbons (Fsp3) is 0.333. The third-order valence-electron chi connectivity index (χ3n) is 2.38. The highest BCUT2D eigenvalue weighted by Gasteiger charge is 2.46. The van der Waals surface area contributed by atoms with Crippen LogP contribution in [0.4, 0.5) is 0 Å². The van der Waals surface area contributed by atoms with Crippen LogP contribution in [0.15, 0.2) is 24.5 Å². The van der Waals surface area contributed by atoms with Crippen molar-refractivity contribution in [3.63, 3.8) is 0 Å². The van der Waals surface area contributed by atoms with Crippen molar-refractivity contribution >= 4 is 5.91 Å². The van der Waals surface area contributed by atoms with Gasteiger partial charge in [-0.15, -0.1) is 0 Å². The molecule has 1 aromatic heterocycles. The van der Waals surface area contributed by atoms with Gasteiger partial charge in [0.05, 0.1) is 13.2 Å². The molecule has 0 aromatic carbocycles. The minimum atomic E-state index is -0.631. The van der Waals surface area contributed by atoms with E-state index in [0.29, 0.717) is 13.2 Å². The summed E-state index contributed by atoms with van der Waals surface area (Å²) < 4.78 is 5.03. The van der Waals surface area contributed by atoms with Crippen LogP contribution >= 0.6 is 0 Å². The summed E-state index contributed by atoms with van der Waals surface area (Å²) in [6.45, 7) is 0.738. The Bertz CT molecular complexity index is 320. The Morgan fingerprint density at radius 3 is 2.77 bits per heavy atom. The summed E-state index contributed by atoms with van der Waals surface area (Å²) in [5.74, 6) is -0.341. The van der Waals surface area contributed by atoms with Gasteiger partial charge in [-0.25, -0.2) is 0 Å². The molecule has 1 aromatic rings. The van der Waals surface area contributed by atoms with Crippen molar-refractivity contribution in [2.24, 2.45) is 5.73 Å². The lowest BCUT2D eigenvalue weighted by Crippen LogP contribution is -2.56. The van der Waals surface area contributed by atoms with Crippen LogP contribution in [0, 0.1) is 0 Å². The van der Waals surface area contributed by atoms with Crippen molar-refractivity contribution < 1.29 is 9.53 Å². The lowest BCUT2D eigenvalue weighted by atomic mass is 9.79. The van der Waals surface area contributed by atoms with Gasteiger partial charge < -0.3 is 10.5 Å². The molecule has 0 saturated carbocycles. The summed E-state index contributed by atoms with van der Waals surface area (Å²) in [5.41, 5.74) is 5.53. The Morgan fingerprint density at radius 1 is 1.62 bits per heavy atom. The number of amides is 1. The van der Waals surface area contributed by atoms with Crippen molar-refractivity contribution in [2.45, 2.75) is 5.41 Å². The van der Waals surface area contributed by atoms with Crippen molar-refractivity contribution in [3.05, 3.63) is 30.1 Å². The van der Waals surface area contributed by atoms with Crippen LogP contribution in [0.2, 0.25) is 0 Å². The van der Waals surface area contributed by atoms with Gasteiger partial charge in [0.2, 0.25) is 5.91 Å². The zero-order valence-electron chi connectivity index (χ0n) is 7.06. The molecule has 1 fully saturated rings. The van der Waals surface area contributed by atoms with Gasteiger partial charge in [0.25, 0.3) is 0 Å². The predicted molar refractivity (Wildman–Crippen MR) is 45.9 cm³/mol. The van der Waals surface area contributed by atoms with Crippen LogP contribution in [-0.4, -0.2) is 24.1 Å². The van der Waals surface area contributed by atoms with Gasteiger partial charge in [-0.2, -0.15) is 0 Å². The van der Waals surface area contributed by atoms with E-state index in [2.05, 4.69) is 4.98 Å². The summed E-state index contributed by atoms with van der Waals surface area (Å²) in [5, 5.41) is 0. The van der Waals surface area contributed by atoms with Crippen LogP contribution in [0.25, 0.3) is 0 Å². The van der Waals surface area contributed by atoms with E-state index in [1.807, 2.05) is 6.07 Å². The summed E-state index contributed by atoms with van der Waals surface area (Å²) in [4.78, 5) is 15.2. The molecule has 0 atom stereocenters. The van der Waals surface area contributed by atoms with E-state index in [9.17, 15) is 4.79 Å². The van der Waals surface area contributed by atoms with E-state index in [0.717, 1.165) is 5.56 Å². The maximum absolute atomic E-state index is 11.2.